The number of rotatable bonds is 4. The van der Waals surface area contributed by atoms with Crippen LogP contribution < -0.4 is 0 Å². The number of likely N-dealkylation sites (tertiary alicyclic amines) is 1. The van der Waals surface area contributed by atoms with E-state index in [9.17, 15) is 29.3 Å². The first-order valence-electron chi connectivity index (χ1n) is 8.93. The first-order chi connectivity index (χ1) is 13.9. The van der Waals surface area contributed by atoms with Crippen LogP contribution in [-0.4, -0.2) is 44.4 Å². The van der Waals surface area contributed by atoms with Crippen molar-refractivity contribution in [2.45, 2.75) is 25.4 Å². The summed E-state index contributed by atoms with van der Waals surface area (Å²) >= 11 is 0. The van der Waals surface area contributed by atoms with Crippen LogP contribution in [0.25, 0.3) is 0 Å². The second-order valence-corrected chi connectivity index (χ2v) is 6.80. The fourth-order valence-corrected chi connectivity index (χ4v) is 3.71. The Bertz CT molecular complexity index is 1070. The Labute approximate surface area is 164 Å². The van der Waals surface area contributed by atoms with Crippen LogP contribution in [0.5, 0.6) is 0 Å². The standard InChI is InChI=1S/C20H15N3O6/c24-16-10-9-15(19(26)21(16)11-12-5-2-1-3-6-12)22-18(25)13-7-4-8-14(23(28)29)17(13)20(22)27/h1-8,15H,9-11H2. The van der Waals surface area contributed by atoms with Gasteiger partial charge in [-0.2, -0.15) is 0 Å². The molecule has 0 N–H and O–H groups in total. The number of amides is 4. The third-order valence-corrected chi connectivity index (χ3v) is 5.10. The zero-order chi connectivity index (χ0) is 20.7. The number of nitrogens with zero attached hydrogens (tertiary/aromatic N) is 3. The minimum Gasteiger partial charge on any atom is -0.276 e. The molecule has 0 radical (unpaired) electrons. The molecule has 9 heteroatoms. The van der Waals surface area contributed by atoms with Gasteiger partial charge >= 0.3 is 0 Å². The second-order valence-electron chi connectivity index (χ2n) is 6.80. The molecule has 0 aliphatic carbocycles. The van der Waals surface area contributed by atoms with Crippen LogP contribution >= 0.6 is 0 Å². The third kappa shape index (κ3) is 2.96. The van der Waals surface area contributed by atoms with Gasteiger partial charge in [-0.1, -0.05) is 36.4 Å². The summed E-state index contributed by atoms with van der Waals surface area (Å²) in [6.45, 7) is 0.0261. The predicted molar refractivity (Wildman–Crippen MR) is 98.6 cm³/mol. The van der Waals surface area contributed by atoms with Crippen molar-refractivity contribution in [1.82, 2.24) is 9.80 Å². The Hall–Kier alpha value is -3.88. The highest BCUT2D eigenvalue weighted by molar-refractivity contribution is 6.25. The molecule has 0 aromatic heterocycles. The Kier molecular flexibility index (Phi) is 4.42. The zero-order valence-corrected chi connectivity index (χ0v) is 15.1. The maximum atomic E-state index is 13.0. The maximum absolute atomic E-state index is 13.0. The molecule has 2 aromatic carbocycles. The lowest BCUT2D eigenvalue weighted by molar-refractivity contribution is -0.385. The number of imide groups is 2. The summed E-state index contributed by atoms with van der Waals surface area (Å²) in [6, 6.07) is 11.5. The number of hydrogen-bond donors (Lipinski definition) is 0. The number of piperidine rings is 1. The van der Waals surface area contributed by atoms with Gasteiger partial charge in [-0.05, 0) is 18.1 Å². The minimum atomic E-state index is -1.18. The van der Waals surface area contributed by atoms with E-state index in [2.05, 4.69) is 0 Å². The van der Waals surface area contributed by atoms with Gasteiger partial charge in [0.05, 0.1) is 17.0 Å². The number of hydrogen-bond acceptors (Lipinski definition) is 6. The molecule has 146 valence electrons. The van der Waals surface area contributed by atoms with Crippen molar-refractivity contribution in [3.05, 3.63) is 75.3 Å². The third-order valence-electron chi connectivity index (χ3n) is 5.10. The van der Waals surface area contributed by atoms with Crippen molar-refractivity contribution in [1.29, 1.82) is 0 Å². The number of fused-ring (bicyclic) bond motifs is 1. The quantitative estimate of drug-likeness (QED) is 0.445. The van der Waals surface area contributed by atoms with E-state index in [1.807, 2.05) is 0 Å². The summed E-state index contributed by atoms with van der Waals surface area (Å²) in [5.74, 6) is -2.70. The van der Waals surface area contributed by atoms with E-state index >= 15 is 0 Å². The van der Waals surface area contributed by atoms with Crippen molar-refractivity contribution < 1.29 is 24.1 Å². The van der Waals surface area contributed by atoms with Gasteiger partial charge in [0.2, 0.25) is 5.91 Å². The van der Waals surface area contributed by atoms with Crippen molar-refractivity contribution in [3.63, 3.8) is 0 Å². The highest BCUT2D eigenvalue weighted by Gasteiger charge is 2.49. The Morgan fingerprint density at radius 3 is 2.38 bits per heavy atom. The lowest BCUT2D eigenvalue weighted by atomic mass is 10.0. The Balaban J connectivity index is 1.66. The van der Waals surface area contributed by atoms with E-state index in [0.717, 1.165) is 21.4 Å². The molecule has 2 aliphatic rings. The van der Waals surface area contributed by atoms with Crippen LogP contribution in [0.1, 0.15) is 39.1 Å². The van der Waals surface area contributed by atoms with Gasteiger partial charge < -0.3 is 0 Å². The van der Waals surface area contributed by atoms with Crippen LogP contribution in [0.2, 0.25) is 0 Å². The van der Waals surface area contributed by atoms with Gasteiger partial charge in [-0.15, -0.1) is 0 Å². The lowest BCUT2D eigenvalue weighted by Gasteiger charge is -2.34. The van der Waals surface area contributed by atoms with Crippen LogP contribution in [0.4, 0.5) is 5.69 Å². The average Bonchev–Trinajstić information content (AvgIpc) is 2.97. The van der Waals surface area contributed by atoms with Crippen molar-refractivity contribution in [2.75, 3.05) is 0 Å². The molecule has 0 bridgehead atoms. The molecule has 2 aliphatic heterocycles. The normalized spacial score (nSPS) is 19.0. The first-order valence-corrected chi connectivity index (χ1v) is 8.93. The highest BCUT2D eigenvalue weighted by atomic mass is 16.6. The molecule has 0 saturated carbocycles. The number of benzene rings is 2. The predicted octanol–water partition coefficient (Wildman–Crippen LogP) is 1.91. The van der Waals surface area contributed by atoms with Gasteiger partial charge in [-0.3, -0.25) is 39.1 Å². The lowest BCUT2D eigenvalue weighted by Crippen LogP contribution is -2.55. The van der Waals surface area contributed by atoms with Gasteiger partial charge in [0.25, 0.3) is 23.4 Å². The SMILES string of the molecule is O=C1CCC(N2C(=O)c3cccc([N+](=O)[O-])c3C2=O)C(=O)N1Cc1ccccc1. The summed E-state index contributed by atoms with van der Waals surface area (Å²) in [5.41, 5.74) is -0.179. The van der Waals surface area contributed by atoms with Gasteiger partial charge in [0.1, 0.15) is 11.6 Å². The molecule has 4 rings (SSSR count). The van der Waals surface area contributed by atoms with Gasteiger partial charge in [0.15, 0.2) is 0 Å². The summed E-state index contributed by atoms with van der Waals surface area (Å²) in [6.07, 6.45) is -0.0268. The molecule has 1 fully saturated rings. The van der Waals surface area contributed by atoms with Crippen molar-refractivity contribution in [2.24, 2.45) is 0 Å². The number of nitro groups is 1. The Morgan fingerprint density at radius 1 is 0.966 bits per heavy atom. The molecule has 0 spiro atoms. The molecular weight excluding hydrogens is 378 g/mol. The average molecular weight is 393 g/mol. The van der Waals surface area contributed by atoms with Gasteiger partial charge in [-0.25, -0.2) is 0 Å². The van der Waals surface area contributed by atoms with Crippen LogP contribution in [-0.2, 0) is 16.1 Å². The maximum Gasteiger partial charge on any atom is 0.282 e. The smallest absolute Gasteiger partial charge is 0.276 e. The Morgan fingerprint density at radius 2 is 1.69 bits per heavy atom. The van der Waals surface area contributed by atoms with Crippen LogP contribution in [0, 0.1) is 10.1 Å². The summed E-state index contributed by atoms with van der Waals surface area (Å²) in [5, 5.41) is 11.3. The largest absolute Gasteiger partial charge is 0.282 e. The van der Waals surface area contributed by atoms with E-state index in [0.29, 0.717) is 0 Å². The van der Waals surface area contributed by atoms with Gasteiger partial charge in [0, 0.05) is 12.5 Å². The number of carbonyl (C=O) groups is 4. The summed E-state index contributed by atoms with van der Waals surface area (Å²) in [7, 11) is 0. The highest BCUT2D eigenvalue weighted by Crippen LogP contribution is 2.34. The summed E-state index contributed by atoms with van der Waals surface area (Å²) in [4.78, 5) is 63.3. The molecule has 2 aromatic rings. The minimum absolute atomic E-state index is 0.0117. The molecule has 4 amide bonds. The molecule has 9 nitrogen and oxygen atoms in total. The first kappa shape index (κ1) is 18.5. The molecule has 2 heterocycles. The van der Waals surface area contributed by atoms with E-state index in [1.165, 1.54) is 12.1 Å². The van der Waals surface area contributed by atoms with E-state index in [-0.39, 0.29) is 30.5 Å². The number of carbonyl (C=O) groups excluding carboxylic acids is 4. The molecule has 1 unspecified atom stereocenters. The van der Waals surface area contributed by atoms with Crippen molar-refractivity contribution >= 4 is 29.3 Å². The second kappa shape index (κ2) is 6.93. The fourth-order valence-electron chi connectivity index (χ4n) is 3.71. The van der Waals surface area contributed by atoms with E-state index in [1.54, 1.807) is 30.3 Å². The van der Waals surface area contributed by atoms with Crippen molar-refractivity contribution in [3.8, 4) is 0 Å². The van der Waals surface area contributed by atoms with Crippen LogP contribution in [0.15, 0.2) is 48.5 Å². The monoisotopic (exact) mass is 393 g/mol. The molecule has 29 heavy (non-hydrogen) atoms. The molecule has 1 saturated heterocycles. The fraction of sp³-hybridized carbons (Fsp3) is 0.200. The summed E-state index contributed by atoms with van der Waals surface area (Å²) < 4.78 is 0. The van der Waals surface area contributed by atoms with Crippen LogP contribution in [0.3, 0.4) is 0 Å². The topological polar surface area (TPSA) is 118 Å². The van der Waals surface area contributed by atoms with E-state index < -0.39 is 40.3 Å². The zero-order valence-electron chi connectivity index (χ0n) is 15.1. The van der Waals surface area contributed by atoms with E-state index in [4.69, 9.17) is 0 Å². The number of nitro benzene ring substituents is 1. The molecular formula is C20H15N3O6. The molecule has 1 atom stereocenters.